The molecule has 0 radical (unpaired) electrons. The van der Waals surface area contributed by atoms with Crippen LogP contribution < -0.4 is 25.8 Å². The normalized spacial score (nSPS) is 17.7. The highest BCUT2D eigenvalue weighted by atomic mass is 32.9. The number of nitrogens with two attached hydrogens (primary N) is 1. The van der Waals surface area contributed by atoms with Gasteiger partial charge in [-0.05, 0) is 67.8 Å². The maximum Gasteiger partial charge on any atom is 0.351 e. The summed E-state index contributed by atoms with van der Waals surface area (Å²) >= 11 is 10.5. The van der Waals surface area contributed by atoms with Crippen LogP contribution in [0.1, 0.15) is 50.1 Å². The number of hydrogen-bond donors (Lipinski definition) is 2. The lowest BCUT2D eigenvalue weighted by atomic mass is 9.80. The van der Waals surface area contributed by atoms with Crippen LogP contribution in [0.3, 0.4) is 0 Å². The monoisotopic (exact) mass is 725 g/mol. The summed E-state index contributed by atoms with van der Waals surface area (Å²) in [6, 6.07) is 27.0. The van der Waals surface area contributed by atoms with E-state index in [-0.39, 0.29) is 12.4 Å². The van der Waals surface area contributed by atoms with Crippen LogP contribution in [0, 0.1) is 0 Å². The minimum atomic E-state index is -1.54. The first kappa shape index (κ1) is 38.5. The van der Waals surface area contributed by atoms with Gasteiger partial charge in [-0.25, -0.2) is 4.79 Å². The number of nitrogens with zero attached hydrogens (tertiary/aromatic N) is 2. The Morgan fingerprint density at radius 1 is 0.918 bits per heavy atom. The van der Waals surface area contributed by atoms with Gasteiger partial charge in [-0.3, -0.25) is 4.57 Å². The molecule has 4 aromatic rings. The smallest absolute Gasteiger partial charge is 0.351 e. The predicted octanol–water partition coefficient (Wildman–Crippen LogP) is 4.78. The van der Waals surface area contributed by atoms with Crippen molar-refractivity contribution in [2.75, 3.05) is 46.2 Å². The molecule has 1 fully saturated rings. The number of rotatable bonds is 14. The van der Waals surface area contributed by atoms with Crippen molar-refractivity contribution >= 4 is 36.0 Å². The summed E-state index contributed by atoms with van der Waals surface area (Å²) in [7, 11) is 3.25. The lowest BCUT2D eigenvalue weighted by Gasteiger charge is -2.37. The van der Waals surface area contributed by atoms with E-state index in [9.17, 15) is 4.79 Å². The van der Waals surface area contributed by atoms with Crippen LogP contribution in [0.25, 0.3) is 0 Å². The van der Waals surface area contributed by atoms with Gasteiger partial charge in [-0.2, -0.15) is 9.51 Å². The average molecular weight is 726 g/mol. The molecule has 1 unspecified atom stereocenters. The molecule has 1 aliphatic rings. The molecule has 1 aliphatic heterocycles. The van der Waals surface area contributed by atoms with Gasteiger partial charge in [0.05, 0.1) is 40.5 Å². The van der Waals surface area contributed by atoms with Crippen LogP contribution >= 0.6 is 6.13 Å². The van der Waals surface area contributed by atoms with E-state index in [0.29, 0.717) is 6.42 Å². The summed E-state index contributed by atoms with van der Waals surface area (Å²) < 4.78 is 31.6. The van der Waals surface area contributed by atoms with E-state index < -0.39 is 35.9 Å². The number of nitrogens with one attached hydrogen (secondary N) is 1. The predicted molar refractivity (Wildman–Crippen MR) is 199 cm³/mol. The minimum absolute atomic E-state index is 0.0963. The third-order valence-corrected chi connectivity index (χ3v) is 9.66. The van der Waals surface area contributed by atoms with Gasteiger partial charge in [0.15, 0.2) is 11.8 Å². The van der Waals surface area contributed by atoms with Crippen molar-refractivity contribution < 1.29 is 28.4 Å². The molecule has 3 N–H and O–H groups in total. The van der Waals surface area contributed by atoms with Gasteiger partial charge < -0.3 is 41.8 Å². The van der Waals surface area contributed by atoms with E-state index in [2.05, 4.69) is 25.8 Å². The number of methoxy groups -OCH3 is 2. The second-order valence-corrected chi connectivity index (χ2v) is 14.7. The van der Waals surface area contributed by atoms with Gasteiger partial charge in [-0.15, -0.1) is 0 Å². The zero-order valence-electron chi connectivity index (χ0n) is 28.6. The molecule has 5 rings (SSSR count). The zero-order valence-corrected chi connectivity index (χ0v) is 31.1. The lowest BCUT2D eigenvalue weighted by molar-refractivity contribution is -0.894. The first-order chi connectivity index (χ1) is 23.7. The first-order valence-corrected chi connectivity index (χ1v) is 19.6. The summed E-state index contributed by atoms with van der Waals surface area (Å²) in [5, 5.41) is 0. The highest BCUT2D eigenvalue weighted by molar-refractivity contribution is 8.45. The molecule has 1 saturated heterocycles. The molecule has 4 atom stereocenters. The standard InChI is InChI=1S/C30H30N3O6PS2.C6H15N/c1-35-23-12-8-21(9-13-23)30(20-6-4-3-5-7-20,22-10-14-24(36-2)15-11-22)37-19-26-25(39-40(41)42)18-28(38-26)33-17-16-27(31)32-29(33)34;1-4-7(5-2)6-3/h3-17,25-26,28H,18-19H2,1-2H3,(H2,31,32,34);4-6H2,1-3H3/p+1/t25-,26+,28+;/m0./s1. The Kier molecular flexibility index (Phi) is 14.6. The maximum atomic E-state index is 12.6. The van der Waals surface area contributed by atoms with Crippen LogP contribution in [0.5, 0.6) is 11.5 Å². The van der Waals surface area contributed by atoms with Gasteiger partial charge in [0, 0.05) is 12.6 Å². The number of quaternary nitrogens is 1. The Balaban J connectivity index is 0.000000698. The second-order valence-electron chi connectivity index (χ2n) is 11.4. The van der Waals surface area contributed by atoms with Crippen LogP contribution in [0.15, 0.2) is 95.9 Å². The van der Waals surface area contributed by atoms with Gasteiger partial charge in [0.25, 0.3) is 0 Å². The molecule has 0 amide bonds. The van der Waals surface area contributed by atoms with E-state index >= 15 is 0 Å². The Morgan fingerprint density at radius 2 is 1.45 bits per heavy atom. The van der Waals surface area contributed by atoms with Crippen LogP contribution in [-0.4, -0.2) is 62.2 Å². The fraction of sp³-hybridized carbons (Fsp3) is 0.389. The summed E-state index contributed by atoms with van der Waals surface area (Å²) in [4.78, 5) is 18.1. The fourth-order valence-electron chi connectivity index (χ4n) is 5.92. The molecule has 10 nitrogen and oxygen atoms in total. The van der Waals surface area contributed by atoms with Crippen molar-refractivity contribution in [3.8, 4) is 11.5 Å². The number of aromatic nitrogens is 2. The van der Waals surface area contributed by atoms with Gasteiger partial charge in [-0.1, -0.05) is 54.6 Å². The molecule has 49 heavy (non-hydrogen) atoms. The summed E-state index contributed by atoms with van der Waals surface area (Å²) in [5.74, 6) is 1.57. The molecule has 2 heterocycles. The third-order valence-electron chi connectivity index (χ3n) is 8.70. The van der Waals surface area contributed by atoms with Crippen LogP contribution in [0.4, 0.5) is 5.82 Å². The molecular formula is C36H46N4O6PS2+. The lowest BCUT2D eigenvalue weighted by Crippen LogP contribution is -3.11. The molecule has 1 aromatic heterocycles. The number of hydrogen-bond acceptors (Lipinski definition) is 10. The number of ether oxygens (including phenoxy) is 4. The Bertz CT molecular complexity index is 1620. The Morgan fingerprint density at radius 3 is 1.90 bits per heavy atom. The fourth-order valence-corrected chi connectivity index (χ4v) is 7.03. The molecule has 0 aliphatic carbocycles. The summed E-state index contributed by atoms with van der Waals surface area (Å²) in [5.41, 5.74) is 6.77. The van der Waals surface area contributed by atoms with E-state index in [1.807, 2.05) is 78.9 Å². The van der Waals surface area contributed by atoms with Crippen molar-refractivity contribution in [3.05, 3.63) is 118 Å². The van der Waals surface area contributed by atoms with E-state index in [1.54, 1.807) is 31.4 Å². The van der Waals surface area contributed by atoms with Crippen molar-refractivity contribution in [2.24, 2.45) is 0 Å². The number of nitrogen functional groups attached to an aromatic ring is 1. The Labute approximate surface area is 300 Å². The highest BCUT2D eigenvalue weighted by Crippen LogP contribution is 2.43. The number of anilines is 1. The van der Waals surface area contributed by atoms with Crippen LogP contribution in [0.2, 0.25) is 0 Å². The first-order valence-electron chi connectivity index (χ1n) is 16.3. The highest BCUT2D eigenvalue weighted by Gasteiger charge is 2.44. The second kappa shape index (κ2) is 18.6. The molecule has 262 valence electrons. The van der Waals surface area contributed by atoms with Crippen molar-refractivity contribution in [1.82, 2.24) is 9.55 Å². The van der Waals surface area contributed by atoms with E-state index in [1.165, 1.54) is 24.2 Å². The van der Waals surface area contributed by atoms with Gasteiger partial charge in [0.2, 0.25) is 6.13 Å². The largest absolute Gasteiger partial charge is 0.497 e. The van der Waals surface area contributed by atoms with Gasteiger partial charge >= 0.3 is 5.69 Å². The molecule has 0 saturated carbocycles. The number of benzene rings is 3. The van der Waals surface area contributed by atoms with Crippen molar-refractivity contribution in [1.29, 1.82) is 0 Å². The summed E-state index contributed by atoms with van der Waals surface area (Å²) in [6.07, 6.45) is -1.38. The molecular weight excluding hydrogens is 680 g/mol. The Hall–Kier alpha value is -3.35. The van der Waals surface area contributed by atoms with Gasteiger partial charge in [0.1, 0.15) is 41.4 Å². The van der Waals surface area contributed by atoms with Crippen LogP contribution in [-0.2, 0) is 43.7 Å². The minimum Gasteiger partial charge on any atom is -0.497 e. The maximum absolute atomic E-state index is 12.6. The van der Waals surface area contributed by atoms with Crippen molar-refractivity contribution in [2.45, 2.75) is 51.2 Å². The zero-order chi connectivity index (χ0) is 35.4. The molecule has 0 spiro atoms. The van der Waals surface area contributed by atoms with Crippen molar-refractivity contribution in [3.63, 3.8) is 0 Å². The quantitative estimate of drug-likeness (QED) is 0.107. The molecule has 13 heteroatoms. The van der Waals surface area contributed by atoms with E-state index in [0.717, 1.165) is 28.2 Å². The SMILES string of the molecule is CC[NH+](CC)CC.COc1ccc(C(OC[C@H]2O[C@@H](n3ccc(N)nc3=O)C[C@@H]2O[P+](=S)[S-])(c2ccccc2)c2ccc(OC)cc2)cc1. The molecule has 3 aromatic carbocycles. The molecule has 0 bridgehead atoms. The third kappa shape index (κ3) is 9.67. The van der Waals surface area contributed by atoms with E-state index in [4.69, 9.17) is 53.3 Å². The average Bonchev–Trinajstić information content (AvgIpc) is 3.51. The topological polar surface area (TPSA) is 112 Å². The summed E-state index contributed by atoms with van der Waals surface area (Å²) in [6.45, 7) is 10.6.